The van der Waals surface area contributed by atoms with Crippen LogP contribution in [0, 0.1) is 0 Å². The quantitative estimate of drug-likeness (QED) is 0.723. The first kappa shape index (κ1) is 21.1. The van der Waals surface area contributed by atoms with E-state index in [4.69, 9.17) is 14.7 Å². The van der Waals surface area contributed by atoms with Gasteiger partial charge in [-0.3, -0.25) is 0 Å². The van der Waals surface area contributed by atoms with E-state index in [-0.39, 0.29) is 23.6 Å². The minimum atomic E-state index is -3.16. The predicted octanol–water partition coefficient (Wildman–Crippen LogP) is 2.12. The van der Waals surface area contributed by atoms with Crippen LogP contribution in [0.15, 0.2) is 24.3 Å². The Labute approximate surface area is 187 Å². The normalized spacial score (nSPS) is 22.2. The van der Waals surface area contributed by atoms with Gasteiger partial charge < -0.3 is 20.3 Å². The molecule has 32 heavy (non-hydrogen) atoms. The third kappa shape index (κ3) is 4.56. The molecule has 1 saturated heterocycles. The Balaban J connectivity index is 1.46. The molecule has 170 valence electrons. The molecular weight excluding hydrogens is 430 g/mol. The fraction of sp³-hybridized carbons (Fsp3) is 0.500. The van der Waals surface area contributed by atoms with Crippen molar-refractivity contribution in [2.24, 2.45) is 0 Å². The number of nitrogens with zero attached hydrogens (tertiary/aromatic N) is 3. The monoisotopic (exact) mass is 457 g/mol. The van der Waals surface area contributed by atoms with Gasteiger partial charge in [0.05, 0.1) is 36.5 Å². The van der Waals surface area contributed by atoms with Crippen molar-refractivity contribution in [2.75, 3.05) is 35.7 Å². The Morgan fingerprint density at radius 2 is 1.97 bits per heavy atom. The van der Waals surface area contributed by atoms with E-state index in [9.17, 15) is 13.2 Å². The summed E-state index contributed by atoms with van der Waals surface area (Å²) in [6, 6.07) is 7.59. The third-order valence-electron chi connectivity index (χ3n) is 6.04. The second-order valence-corrected chi connectivity index (χ2v) is 10.9. The molecule has 0 bridgehead atoms. The molecule has 2 aromatic rings. The lowest BCUT2D eigenvalue weighted by Gasteiger charge is -2.36. The van der Waals surface area contributed by atoms with E-state index in [1.807, 2.05) is 24.3 Å². The lowest BCUT2D eigenvalue weighted by atomic mass is 10.1. The van der Waals surface area contributed by atoms with Crippen LogP contribution in [0.1, 0.15) is 31.0 Å². The molecule has 0 radical (unpaired) electrons. The highest BCUT2D eigenvalue weighted by Gasteiger charge is 2.31. The lowest BCUT2D eigenvalue weighted by molar-refractivity contribution is 0.0984. The van der Waals surface area contributed by atoms with E-state index in [1.54, 1.807) is 0 Å². The number of anilines is 2. The van der Waals surface area contributed by atoms with Gasteiger partial charge in [0.2, 0.25) is 0 Å². The number of sulfone groups is 1. The molecule has 3 heterocycles. The van der Waals surface area contributed by atoms with Crippen LogP contribution in [-0.2, 0) is 26.7 Å². The first-order chi connectivity index (χ1) is 15.4. The van der Waals surface area contributed by atoms with Gasteiger partial charge in [-0.05, 0) is 44.0 Å². The maximum Gasteiger partial charge on any atom is 0.319 e. The van der Waals surface area contributed by atoms with Crippen molar-refractivity contribution in [3.63, 3.8) is 0 Å². The molecule has 2 amide bonds. The summed E-state index contributed by atoms with van der Waals surface area (Å²) in [5.41, 5.74) is 3.02. The summed E-state index contributed by atoms with van der Waals surface area (Å²) in [5.74, 6) is 1.33. The molecule has 2 N–H and O–H groups in total. The summed E-state index contributed by atoms with van der Waals surface area (Å²) in [7, 11) is -3.16. The number of urea groups is 1. The predicted molar refractivity (Wildman–Crippen MR) is 121 cm³/mol. The number of hydrogen-bond acceptors (Lipinski definition) is 7. The van der Waals surface area contributed by atoms with E-state index in [2.05, 4.69) is 22.5 Å². The summed E-state index contributed by atoms with van der Waals surface area (Å²) in [5, 5.41) is 5.74. The Kier molecular flexibility index (Phi) is 5.50. The van der Waals surface area contributed by atoms with Gasteiger partial charge in [-0.2, -0.15) is 0 Å². The first-order valence-electron chi connectivity index (χ1n) is 11.0. The molecule has 1 aromatic carbocycles. The highest BCUT2D eigenvalue weighted by molar-refractivity contribution is 7.90. The van der Waals surface area contributed by atoms with Crippen molar-refractivity contribution >= 4 is 27.4 Å². The van der Waals surface area contributed by atoms with E-state index in [0.717, 1.165) is 24.1 Å². The Morgan fingerprint density at radius 1 is 1.19 bits per heavy atom. The van der Waals surface area contributed by atoms with Gasteiger partial charge in [-0.1, -0.05) is 0 Å². The van der Waals surface area contributed by atoms with E-state index in [1.165, 1.54) is 0 Å². The van der Waals surface area contributed by atoms with Gasteiger partial charge in [0.1, 0.15) is 5.82 Å². The average Bonchev–Trinajstić information content (AvgIpc) is 3.57. The van der Waals surface area contributed by atoms with E-state index in [0.29, 0.717) is 55.1 Å². The molecule has 3 aliphatic rings. The molecule has 5 rings (SSSR count). The maximum atomic E-state index is 12.3. The number of hydrogen-bond donors (Lipinski definition) is 2. The highest BCUT2D eigenvalue weighted by Crippen LogP contribution is 2.32. The van der Waals surface area contributed by atoms with Gasteiger partial charge in [0.15, 0.2) is 15.7 Å². The Morgan fingerprint density at radius 3 is 2.69 bits per heavy atom. The number of benzene rings is 1. The largest absolute Gasteiger partial charge is 0.377 e. The van der Waals surface area contributed by atoms with Crippen LogP contribution in [0.25, 0.3) is 11.4 Å². The smallest absolute Gasteiger partial charge is 0.319 e. The zero-order valence-electron chi connectivity index (χ0n) is 18.0. The van der Waals surface area contributed by atoms with Crippen LogP contribution in [0.5, 0.6) is 0 Å². The molecule has 1 aliphatic carbocycles. The number of nitrogens with one attached hydrogen (secondary N) is 2. The van der Waals surface area contributed by atoms with Crippen LogP contribution in [-0.4, -0.2) is 62.0 Å². The highest BCUT2D eigenvalue weighted by atomic mass is 32.2. The summed E-state index contributed by atoms with van der Waals surface area (Å²) >= 11 is 0. The molecule has 0 spiro atoms. The van der Waals surface area contributed by atoms with E-state index >= 15 is 0 Å². The minimum absolute atomic E-state index is 0.0268. The number of carbonyl (C=O) groups excluding carboxylic acids is 1. The number of amides is 2. The molecule has 0 unspecified atom stereocenters. The number of morpholine rings is 1. The van der Waals surface area contributed by atoms with Crippen LogP contribution in [0.4, 0.5) is 16.3 Å². The van der Waals surface area contributed by atoms with Gasteiger partial charge in [-0.25, -0.2) is 23.2 Å². The van der Waals surface area contributed by atoms with Gasteiger partial charge in [-0.15, -0.1) is 0 Å². The summed E-state index contributed by atoms with van der Waals surface area (Å²) in [4.78, 5) is 23.7. The van der Waals surface area contributed by atoms with Crippen LogP contribution < -0.4 is 15.5 Å². The topological polar surface area (TPSA) is 114 Å². The minimum Gasteiger partial charge on any atom is -0.377 e. The summed E-state index contributed by atoms with van der Waals surface area (Å²) in [6.45, 7) is 3.86. The van der Waals surface area contributed by atoms with Crippen LogP contribution >= 0.6 is 0 Å². The molecular formula is C22H27N5O4S. The van der Waals surface area contributed by atoms with Gasteiger partial charge >= 0.3 is 6.03 Å². The molecule has 1 saturated carbocycles. The Hall–Kier alpha value is -2.72. The number of carbonyl (C=O) groups is 1. The van der Waals surface area contributed by atoms with Crippen LogP contribution in [0.2, 0.25) is 0 Å². The second-order valence-electron chi connectivity index (χ2n) is 8.71. The third-order valence-corrected chi connectivity index (χ3v) is 7.59. The van der Waals surface area contributed by atoms with Crippen molar-refractivity contribution in [2.45, 2.75) is 44.0 Å². The lowest BCUT2D eigenvalue weighted by Crippen LogP contribution is -2.45. The molecule has 2 fully saturated rings. The number of aryl methyl sites for hydroxylation is 1. The number of aromatic nitrogens is 2. The fourth-order valence-electron chi connectivity index (χ4n) is 4.11. The van der Waals surface area contributed by atoms with E-state index < -0.39 is 9.84 Å². The van der Waals surface area contributed by atoms with Crippen molar-refractivity contribution in [1.82, 2.24) is 15.3 Å². The zero-order valence-corrected chi connectivity index (χ0v) is 18.8. The van der Waals surface area contributed by atoms with Crippen molar-refractivity contribution in [1.29, 1.82) is 0 Å². The molecule has 1 atom stereocenters. The van der Waals surface area contributed by atoms with Crippen molar-refractivity contribution < 1.29 is 17.9 Å². The fourth-order valence-corrected chi connectivity index (χ4v) is 5.49. The summed E-state index contributed by atoms with van der Waals surface area (Å²) < 4.78 is 30.2. The van der Waals surface area contributed by atoms with Crippen molar-refractivity contribution in [3.8, 4) is 11.4 Å². The Bertz CT molecular complexity index is 1130. The number of ether oxygens (including phenoxy) is 1. The molecule has 9 nitrogen and oxygen atoms in total. The molecule has 2 aliphatic heterocycles. The molecule has 1 aromatic heterocycles. The second kappa shape index (κ2) is 8.32. The average molecular weight is 458 g/mol. The van der Waals surface area contributed by atoms with Gasteiger partial charge in [0.25, 0.3) is 0 Å². The van der Waals surface area contributed by atoms with Gasteiger partial charge in [0, 0.05) is 35.8 Å². The van der Waals surface area contributed by atoms with Crippen molar-refractivity contribution in [3.05, 3.63) is 35.5 Å². The zero-order chi connectivity index (χ0) is 22.3. The maximum absolute atomic E-state index is 12.3. The molecule has 10 heteroatoms. The first-order valence-corrected chi connectivity index (χ1v) is 12.8. The van der Waals surface area contributed by atoms with Crippen LogP contribution in [0.3, 0.4) is 0 Å². The summed E-state index contributed by atoms with van der Waals surface area (Å²) in [6.07, 6.45) is 2.46. The number of fused-ring (bicyclic) bond motifs is 1. The SMILES string of the molecule is C[C@H]1COCCN1c1nc(-c2ccc(NC(=O)NC3CC3)cc2)nc2c1CS(=O)(=O)CC2. The standard InChI is InChI=1S/C22H27N5O4S/c1-14-12-31-10-9-27(14)21-18-13-32(29,30)11-8-19(18)25-20(26-21)15-2-4-16(5-3-15)23-22(28)24-17-6-7-17/h2-5,14,17H,6-13H2,1H3,(H2,23,24,28)/t14-/m0/s1. The number of rotatable bonds is 4.